The molecule has 190 valence electrons. The fourth-order valence-corrected chi connectivity index (χ4v) is 5.92. The van der Waals surface area contributed by atoms with Crippen LogP contribution in [0.25, 0.3) is 5.76 Å². The van der Waals surface area contributed by atoms with E-state index < -0.39 is 58.0 Å². The lowest BCUT2D eigenvalue weighted by molar-refractivity contribution is -0.153. The second kappa shape index (κ2) is 8.40. The largest absolute Gasteiger partial charge is 0.508 e. The number of amides is 1. The highest BCUT2D eigenvalue weighted by atomic mass is 16.3. The van der Waals surface area contributed by atoms with Gasteiger partial charge in [0.1, 0.15) is 22.8 Å². The summed E-state index contributed by atoms with van der Waals surface area (Å²) in [4.78, 5) is 42.3. The molecule has 4 rings (SSSR count). The average molecular weight is 496 g/mol. The van der Waals surface area contributed by atoms with Crippen molar-refractivity contribution < 1.29 is 34.8 Å². The van der Waals surface area contributed by atoms with E-state index in [0.29, 0.717) is 11.3 Å². The van der Waals surface area contributed by atoms with Gasteiger partial charge in [-0.1, -0.05) is 5.92 Å². The normalized spacial score (nSPS) is 27.2. The van der Waals surface area contributed by atoms with E-state index in [1.807, 2.05) is 0 Å². The number of phenolic OH excluding ortho intramolecular Hbond substituents is 1. The maximum atomic E-state index is 13.9. The molecular formula is C26H29N3O7. The highest BCUT2D eigenvalue weighted by Gasteiger charge is 2.64. The number of primary amides is 1. The van der Waals surface area contributed by atoms with Gasteiger partial charge in [0, 0.05) is 31.3 Å². The number of phenols is 1. The second-order valence-electron chi connectivity index (χ2n) is 9.88. The molecule has 3 aliphatic rings. The number of nitrogens with zero attached hydrogens (tertiary/aromatic N) is 2. The van der Waals surface area contributed by atoms with Crippen molar-refractivity contribution in [1.82, 2.24) is 4.90 Å². The number of rotatable bonds is 3. The van der Waals surface area contributed by atoms with Gasteiger partial charge in [-0.2, -0.15) is 0 Å². The van der Waals surface area contributed by atoms with Gasteiger partial charge in [0.2, 0.25) is 5.78 Å². The molecule has 1 fully saturated rings. The summed E-state index contributed by atoms with van der Waals surface area (Å²) in [5.41, 5.74) is 3.19. The molecule has 0 radical (unpaired) electrons. The second-order valence-corrected chi connectivity index (χ2v) is 9.88. The number of aliphatic hydroxyl groups excluding tert-OH is 2. The first-order valence-electron chi connectivity index (χ1n) is 11.4. The third-order valence-electron chi connectivity index (χ3n) is 7.44. The zero-order valence-electron chi connectivity index (χ0n) is 20.7. The number of carbonyl (C=O) groups is 3. The minimum absolute atomic E-state index is 0.0234. The molecule has 4 unspecified atom stereocenters. The molecule has 0 saturated heterocycles. The first kappa shape index (κ1) is 25.3. The summed E-state index contributed by atoms with van der Waals surface area (Å²) < 4.78 is 0. The number of carbonyl (C=O) groups excluding carboxylic acids is 3. The number of fused-ring (bicyclic) bond motifs is 3. The van der Waals surface area contributed by atoms with E-state index in [1.165, 1.54) is 4.90 Å². The topological polar surface area (TPSA) is 165 Å². The molecule has 3 aliphatic carbocycles. The van der Waals surface area contributed by atoms with E-state index in [9.17, 15) is 34.8 Å². The molecule has 1 saturated carbocycles. The average Bonchev–Trinajstić information content (AvgIpc) is 2.77. The first-order chi connectivity index (χ1) is 16.8. The molecule has 0 aliphatic heterocycles. The van der Waals surface area contributed by atoms with Crippen molar-refractivity contribution in [3.05, 3.63) is 39.7 Å². The number of likely N-dealkylation sites (N-methyl/N-ethyl adjacent to an activating group) is 1. The Morgan fingerprint density at radius 1 is 1.17 bits per heavy atom. The van der Waals surface area contributed by atoms with Crippen molar-refractivity contribution in [2.45, 2.75) is 31.4 Å². The van der Waals surface area contributed by atoms with Crippen LogP contribution in [0.3, 0.4) is 0 Å². The number of aliphatic hydroxyl groups is 3. The van der Waals surface area contributed by atoms with Crippen LogP contribution in [0.15, 0.2) is 23.0 Å². The van der Waals surface area contributed by atoms with Crippen LogP contribution in [-0.2, 0) is 20.8 Å². The highest BCUT2D eigenvalue weighted by molar-refractivity contribution is 6.24. The van der Waals surface area contributed by atoms with Crippen molar-refractivity contribution >= 4 is 28.9 Å². The van der Waals surface area contributed by atoms with Gasteiger partial charge in [-0.3, -0.25) is 19.3 Å². The standard InChI is InChI=1S/C26H29N3O7/c1-6-7-11-10-15(28(2)3)13-8-12-9-14-19(29(4)5)22(32)18(25(27)35)24(34)26(14,36)23(33)16(12)21(31)17(13)20(11)30/h10,12,14,19,30-31,34,36H,8-9H2,1-5H3,(H2,27,35). The van der Waals surface area contributed by atoms with E-state index in [0.717, 1.165) is 0 Å². The smallest absolute Gasteiger partial charge is 0.255 e. The predicted molar refractivity (Wildman–Crippen MR) is 131 cm³/mol. The van der Waals surface area contributed by atoms with Gasteiger partial charge in [-0.25, -0.2) is 0 Å². The Bertz CT molecular complexity index is 1350. The molecule has 6 N–H and O–H groups in total. The van der Waals surface area contributed by atoms with Crippen molar-refractivity contribution in [1.29, 1.82) is 0 Å². The number of aromatic hydroxyl groups is 1. The number of nitrogens with two attached hydrogens (primary N) is 1. The zero-order valence-corrected chi connectivity index (χ0v) is 20.7. The number of hydrogen-bond acceptors (Lipinski definition) is 9. The number of anilines is 1. The van der Waals surface area contributed by atoms with E-state index in [-0.39, 0.29) is 35.3 Å². The van der Waals surface area contributed by atoms with Crippen LogP contribution in [0.2, 0.25) is 0 Å². The Kier molecular flexibility index (Phi) is 5.90. The van der Waals surface area contributed by atoms with Gasteiger partial charge < -0.3 is 31.1 Å². The van der Waals surface area contributed by atoms with Crippen LogP contribution in [-0.4, -0.2) is 82.6 Å². The van der Waals surface area contributed by atoms with Gasteiger partial charge in [0.05, 0.1) is 17.2 Å². The molecule has 10 heteroatoms. The molecule has 0 spiro atoms. The highest BCUT2D eigenvalue weighted by Crippen LogP contribution is 2.54. The van der Waals surface area contributed by atoms with Crippen LogP contribution in [0.4, 0.5) is 5.69 Å². The number of benzene rings is 1. The quantitative estimate of drug-likeness (QED) is 0.295. The van der Waals surface area contributed by atoms with Gasteiger partial charge in [0.25, 0.3) is 5.91 Å². The fraction of sp³-hybridized carbons (Fsp3) is 0.423. The Balaban J connectivity index is 2.03. The van der Waals surface area contributed by atoms with Gasteiger partial charge in [-0.05, 0) is 51.4 Å². The van der Waals surface area contributed by atoms with E-state index in [2.05, 4.69) is 11.8 Å². The maximum absolute atomic E-state index is 13.9. The summed E-state index contributed by atoms with van der Waals surface area (Å²) in [6.07, 6.45) is 0.255. The Labute approximate surface area is 208 Å². The van der Waals surface area contributed by atoms with Crippen molar-refractivity contribution in [2.24, 2.45) is 17.6 Å². The molecular weight excluding hydrogens is 466 g/mol. The van der Waals surface area contributed by atoms with Crippen LogP contribution < -0.4 is 10.6 Å². The van der Waals surface area contributed by atoms with Crippen molar-refractivity contribution in [3.63, 3.8) is 0 Å². The minimum atomic E-state index is -2.66. The molecule has 1 aromatic rings. The summed E-state index contributed by atoms with van der Waals surface area (Å²) in [7, 11) is 6.72. The van der Waals surface area contributed by atoms with E-state index >= 15 is 0 Å². The van der Waals surface area contributed by atoms with E-state index in [4.69, 9.17) is 5.73 Å². The van der Waals surface area contributed by atoms with E-state index in [1.54, 1.807) is 46.1 Å². The molecule has 0 heterocycles. The third-order valence-corrected chi connectivity index (χ3v) is 7.44. The SMILES string of the molecule is CC#Cc1cc(N(C)C)c2c(c1O)C(O)=C1C(=O)C3(O)C(O)=C(C(N)=O)C(=O)C(N(C)C)C3CC1C2. The Morgan fingerprint density at radius 3 is 2.33 bits per heavy atom. The van der Waals surface area contributed by atoms with Crippen LogP contribution in [0.5, 0.6) is 5.75 Å². The van der Waals surface area contributed by atoms with Crippen LogP contribution in [0.1, 0.15) is 30.0 Å². The molecule has 36 heavy (non-hydrogen) atoms. The molecule has 0 bridgehead atoms. The molecule has 1 amide bonds. The van der Waals surface area contributed by atoms with Crippen LogP contribution >= 0.6 is 0 Å². The molecule has 1 aromatic carbocycles. The Hall–Kier alpha value is -3.81. The number of Topliss-reactive ketones (excluding diaryl/α,β-unsaturated/α-hetero) is 2. The van der Waals surface area contributed by atoms with Gasteiger partial charge >= 0.3 is 0 Å². The summed E-state index contributed by atoms with van der Waals surface area (Å²) >= 11 is 0. The lowest BCUT2D eigenvalue weighted by Crippen LogP contribution is -2.65. The summed E-state index contributed by atoms with van der Waals surface area (Å²) in [6.45, 7) is 1.60. The van der Waals surface area contributed by atoms with Gasteiger partial charge in [-0.15, -0.1) is 5.92 Å². The molecule has 4 atom stereocenters. The summed E-state index contributed by atoms with van der Waals surface area (Å²) in [6, 6.07) is 0.580. The zero-order chi connectivity index (χ0) is 26.9. The van der Waals surface area contributed by atoms with Gasteiger partial charge in [0.15, 0.2) is 11.4 Å². The monoisotopic (exact) mass is 495 g/mol. The maximum Gasteiger partial charge on any atom is 0.255 e. The number of hydrogen-bond donors (Lipinski definition) is 5. The van der Waals surface area contributed by atoms with Crippen molar-refractivity contribution in [3.8, 4) is 17.6 Å². The van der Waals surface area contributed by atoms with Crippen LogP contribution in [0, 0.1) is 23.7 Å². The molecule has 0 aromatic heterocycles. The molecule has 10 nitrogen and oxygen atoms in total. The lowest BCUT2D eigenvalue weighted by Gasteiger charge is -2.50. The number of ketones is 2. The third kappa shape index (κ3) is 3.23. The minimum Gasteiger partial charge on any atom is -0.508 e. The lowest BCUT2D eigenvalue weighted by atomic mass is 9.57. The Morgan fingerprint density at radius 2 is 1.81 bits per heavy atom. The summed E-state index contributed by atoms with van der Waals surface area (Å²) in [5, 5.41) is 44.9. The predicted octanol–water partition coefficient (Wildman–Crippen LogP) is 0.401. The van der Waals surface area contributed by atoms with Crippen molar-refractivity contribution in [2.75, 3.05) is 33.1 Å². The summed E-state index contributed by atoms with van der Waals surface area (Å²) in [5.74, 6) is -1.29. The first-order valence-corrected chi connectivity index (χ1v) is 11.4. The fourth-order valence-electron chi connectivity index (χ4n) is 5.92.